The molecule has 1 heterocycles. The third-order valence-electron chi connectivity index (χ3n) is 3.15. The first kappa shape index (κ1) is 10.9. The molecule has 1 aromatic heterocycles. The Bertz CT molecular complexity index is 392. The zero-order valence-corrected chi connectivity index (χ0v) is 9.10. The molecule has 2 rings (SSSR count). The summed E-state index contributed by atoms with van der Waals surface area (Å²) in [5.74, 6) is -0.188. The van der Waals surface area contributed by atoms with E-state index in [1.165, 1.54) is 0 Å². The van der Waals surface area contributed by atoms with Crippen molar-refractivity contribution in [2.75, 3.05) is 5.73 Å². The van der Waals surface area contributed by atoms with Gasteiger partial charge in [-0.05, 0) is 25.7 Å². The normalized spacial score (nSPS) is 25.6. The van der Waals surface area contributed by atoms with Gasteiger partial charge in [0.15, 0.2) is 0 Å². The van der Waals surface area contributed by atoms with Gasteiger partial charge >= 0.3 is 0 Å². The largest absolute Gasteiger partial charge is 0.369 e. The summed E-state index contributed by atoms with van der Waals surface area (Å²) in [7, 11) is 0. The lowest BCUT2D eigenvalue weighted by molar-refractivity contribution is 0.0996. The number of hydrogen-bond acceptors (Lipinski definition) is 4. The van der Waals surface area contributed by atoms with Gasteiger partial charge in [0.2, 0.25) is 5.95 Å². The first-order valence-corrected chi connectivity index (χ1v) is 5.47. The molecule has 0 saturated heterocycles. The molecule has 6 N–H and O–H groups in total. The van der Waals surface area contributed by atoms with Crippen molar-refractivity contribution in [2.24, 2.45) is 11.5 Å². The molecule has 0 spiro atoms. The number of aromatic nitrogens is 2. The van der Waals surface area contributed by atoms with E-state index in [4.69, 9.17) is 17.2 Å². The molecular weight excluding hydrogens is 206 g/mol. The van der Waals surface area contributed by atoms with Crippen LogP contribution in [0.3, 0.4) is 0 Å². The first-order valence-electron chi connectivity index (χ1n) is 5.47. The lowest BCUT2D eigenvalue weighted by atomic mass is 9.92. The maximum atomic E-state index is 11.0. The maximum absolute atomic E-state index is 11.0. The molecule has 1 aromatic rings. The van der Waals surface area contributed by atoms with Gasteiger partial charge in [-0.3, -0.25) is 4.79 Å². The molecule has 16 heavy (non-hydrogen) atoms. The van der Waals surface area contributed by atoms with Gasteiger partial charge in [-0.2, -0.15) is 0 Å². The minimum atomic E-state index is -0.544. The molecule has 0 bridgehead atoms. The highest BCUT2D eigenvalue weighted by Crippen LogP contribution is 2.29. The van der Waals surface area contributed by atoms with Crippen molar-refractivity contribution < 1.29 is 4.79 Å². The van der Waals surface area contributed by atoms with Crippen LogP contribution in [0.1, 0.15) is 42.2 Å². The van der Waals surface area contributed by atoms with Crippen molar-refractivity contribution in [3.8, 4) is 0 Å². The standard InChI is InChI=1S/C10H17N5O/c11-6-1-3-7(4-2-6)15-5-8(9(12)16)14-10(15)13/h5-7H,1-4,11H2,(H2,12,16)(H2,13,14). The van der Waals surface area contributed by atoms with Crippen molar-refractivity contribution in [3.05, 3.63) is 11.9 Å². The molecule has 0 radical (unpaired) electrons. The fraction of sp³-hybridized carbons (Fsp3) is 0.600. The number of rotatable bonds is 2. The Morgan fingerprint density at radius 3 is 2.50 bits per heavy atom. The zero-order valence-electron chi connectivity index (χ0n) is 9.10. The molecule has 1 fully saturated rings. The number of nitrogen functional groups attached to an aromatic ring is 1. The van der Waals surface area contributed by atoms with Crippen molar-refractivity contribution in [1.29, 1.82) is 0 Å². The molecule has 6 nitrogen and oxygen atoms in total. The van der Waals surface area contributed by atoms with E-state index in [1.54, 1.807) is 6.20 Å². The lowest BCUT2D eigenvalue weighted by Crippen LogP contribution is -2.28. The number of nitrogens with zero attached hydrogens (tertiary/aromatic N) is 2. The maximum Gasteiger partial charge on any atom is 0.268 e. The SMILES string of the molecule is NC(=O)c1cn(C2CCC(N)CC2)c(N)n1. The van der Waals surface area contributed by atoms with Crippen LogP contribution in [0.15, 0.2) is 6.20 Å². The van der Waals surface area contributed by atoms with Crippen LogP contribution in [-0.2, 0) is 0 Å². The molecule has 0 aromatic carbocycles. The van der Waals surface area contributed by atoms with Gasteiger partial charge < -0.3 is 21.8 Å². The first-order chi connectivity index (χ1) is 7.58. The highest BCUT2D eigenvalue weighted by Gasteiger charge is 2.22. The summed E-state index contributed by atoms with van der Waals surface area (Å²) in [6.45, 7) is 0. The van der Waals surface area contributed by atoms with Crippen molar-refractivity contribution in [3.63, 3.8) is 0 Å². The molecule has 88 valence electrons. The lowest BCUT2D eigenvalue weighted by Gasteiger charge is -2.27. The fourth-order valence-corrected chi connectivity index (χ4v) is 2.20. The summed E-state index contributed by atoms with van der Waals surface area (Å²) in [5, 5.41) is 0. The Hall–Kier alpha value is -1.56. The van der Waals surface area contributed by atoms with Crippen LogP contribution in [-0.4, -0.2) is 21.5 Å². The van der Waals surface area contributed by atoms with Gasteiger partial charge in [0.1, 0.15) is 5.69 Å². The number of primary amides is 1. The van der Waals surface area contributed by atoms with Crippen molar-refractivity contribution in [2.45, 2.75) is 37.8 Å². The van der Waals surface area contributed by atoms with Gasteiger partial charge in [-0.1, -0.05) is 0 Å². The third kappa shape index (κ3) is 2.01. The van der Waals surface area contributed by atoms with E-state index in [2.05, 4.69) is 4.98 Å². The molecule has 0 aliphatic heterocycles. The van der Waals surface area contributed by atoms with Crippen molar-refractivity contribution >= 4 is 11.9 Å². The molecule has 0 unspecified atom stereocenters. The number of anilines is 1. The highest BCUT2D eigenvalue weighted by molar-refractivity contribution is 5.91. The van der Waals surface area contributed by atoms with Gasteiger partial charge in [0, 0.05) is 18.3 Å². The average Bonchev–Trinajstić information content (AvgIpc) is 2.62. The Balaban J connectivity index is 2.17. The van der Waals surface area contributed by atoms with Crippen LogP contribution >= 0.6 is 0 Å². The predicted molar refractivity (Wildman–Crippen MR) is 60.6 cm³/mol. The van der Waals surface area contributed by atoms with Crippen LogP contribution < -0.4 is 17.2 Å². The van der Waals surface area contributed by atoms with E-state index in [0.29, 0.717) is 12.0 Å². The quantitative estimate of drug-likeness (QED) is 0.655. The van der Waals surface area contributed by atoms with Gasteiger partial charge in [0.25, 0.3) is 5.91 Å². The van der Waals surface area contributed by atoms with E-state index < -0.39 is 5.91 Å². The van der Waals surface area contributed by atoms with Crippen LogP contribution in [0.5, 0.6) is 0 Å². The van der Waals surface area contributed by atoms with Gasteiger partial charge in [-0.25, -0.2) is 4.98 Å². The second kappa shape index (κ2) is 4.13. The summed E-state index contributed by atoms with van der Waals surface area (Å²) in [5.41, 5.74) is 17.0. The second-order valence-electron chi connectivity index (χ2n) is 4.32. The van der Waals surface area contributed by atoms with Gasteiger partial charge in [-0.15, -0.1) is 0 Å². The van der Waals surface area contributed by atoms with Crippen molar-refractivity contribution in [1.82, 2.24) is 9.55 Å². The molecule has 1 amide bonds. The highest BCUT2D eigenvalue weighted by atomic mass is 16.1. The number of amides is 1. The molecular formula is C10H17N5O. The van der Waals surface area contributed by atoms with E-state index in [-0.39, 0.29) is 11.7 Å². The number of imidazole rings is 1. The van der Waals surface area contributed by atoms with E-state index in [1.807, 2.05) is 4.57 Å². The molecule has 6 heteroatoms. The summed E-state index contributed by atoms with van der Waals surface area (Å²) in [6, 6.07) is 0.581. The number of carbonyl (C=O) groups excluding carboxylic acids is 1. The molecule has 1 aliphatic rings. The number of carbonyl (C=O) groups is 1. The minimum Gasteiger partial charge on any atom is -0.369 e. The number of nitrogens with two attached hydrogens (primary N) is 3. The molecule has 1 saturated carbocycles. The Morgan fingerprint density at radius 2 is 2.00 bits per heavy atom. The Kier molecular flexibility index (Phi) is 2.82. The van der Waals surface area contributed by atoms with Crippen LogP contribution in [0, 0.1) is 0 Å². The Labute approximate surface area is 93.8 Å². The molecule has 1 aliphatic carbocycles. The minimum absolute atomic E-state index is 0.229. The van der Waals surface area contributed by atoms with E-state index in [9.17, 15) is 4.79 Å². The van der Waals surface area contributed by atoms with E-state index >= 15 is 0 Å². The fourth-order valence-electron chi connectivity index (χ4n) is 2.20. The van der Waals surface area contributed by atoms with Crippen LogP contribution in [0.25, 0.3) is 0 Å². The van der Waals surface area contributed by atoms with Gasteiger partial charge in [0.05, 0.1) is 0 Å². The van der Waals surface area contributed by atoms with E-state index in [0.717, 1.165) is 25.7 Å². The Morgan fingerprint density at radius 1 is 1.38 bits per heavy atom. The number of hydrogen-bond donors (Lipinski definition) is 3. The summed E-state index contributed by atoms with van der Waals surface area (Å²) in [6.07, 6.45) is 5.54. The zero-order chi connectivity index (χ0) is 11.7. The summed E-state index contributed by atoms with van der Waals surface area (Å²) < 4.78 is 1.84. The average molecular weight is 223 g/mol. The predicted octanol–water partition coefficient (Wildman–Crippen LogP) is 0.00660. The monoisotopic (exact) mass is 223 g/mol. The summed E-state index contributed by atoms with van der Waals surface area (Å²) >= 11 is 0. The summed E-state index contributed by atoms with van der Waals surface area (Å²) in [4.78, 5) is 14.9. The second-order valence-corrected chi connectivity index (χ2v) is 4.32. The van der Waals surface area contributed by atoms with Crippen LogP contribution in [0.2, 0.25) is 0 Å². The van der Waals surface area contributed by atoms with Crippen LogP contribution in [0.4, 0.5) is 5.95 Å². The third-order valence-corrected chi connectivity index (χ3v) is 3.15. The topological polar surface area (TPSA) is 113 Å². The molecule has 0 atom stereocenters. The smallest absolute Gasteiger partial charge is 0.268 e.